The molecule has 0 aliphatic carbocycles. The molecule has 0 unspecified atom stereocenters. The van der Waals surface area contributed by atoms with E-state index in [9.17, 15) is 0 Å². The maximum Gasteiger partial charge on any atom is 0.204 e. The molecule has 20 heavy (non-hydrogen) atoms. The van der Waals surface area contributed by atoms with Crippen molar-refractivity contribution in [1.82, 2.24) is 25.5 Å². The molecule has 0 atom stereocenters. The molecule has 0 spiro atoms. The third-order valence-electron chi connectivity index (χ3n) is 3.02. The van der Waals surface area contributed by atoms with Crippen LogP contribution in [0.1, 0.15) is 11.1 Å². The van der Waals surface area contributed by atoms with Crippen LogP contribution in [0.3, 0.4) is 0 Å². The second-order valence-electron chi connectivity index (χ2n) is 4.74. The first-order valence-corrected chi connectivity index (χ1v) is 7.28. The van der Waals surface area contributed by atoms with Crippen molar-refractivity contribution in [3.63, 3.8) is 0 Å². The van der Waals surface area contributed by atoms with Gasteiger partial charge < -0.3 is 0 Å². The Hall–Kier alpha value is -2.05. The second kappa shape index (κ2) is 5.94. The van der Waals surface area contributed by atoms with Crippen molar-refractivity contribution in [3.05, 3.63) is 52.2 Å². The maximum absolute atomic E-state index is 4.01. The molecule has 0 saturated carbocycles. The average molecular weight is 285 g/mol. The number of benzene rings is 1. The summed E-state index contributed by atoms with van der Waals surface area (Å²) < 4.78 is 0. The van der Waals surface area contributed by atoms with Crippen LogP contribution in [0.4, 0.5) is 0 Å². The fraction of sp³-hybridized carbons (Fsp3) is 0.214. The molecule has 1 N–H and O–H groups in total. The summed E-state index contributed by atoms with van der Waals surface area (Å²) in [5.74, 6) is 0.632. The number of thiophene rings is 1. The summed E-state index contributed by atoms with van der Waals surface area (Å²) in [6, 6.07) is 10.4. The van der Waals surface area contributed by atoms with Crippen LogP contribution in [-0.2, 0) is 13.1 Å². The van der Waals surface area contributed by atoms with Crippen LogP contribution in [0.5, 0.6) is 0 Å². The lowest BCUT2D eigenvalue weighted by molar-refractivity contribution is 0.319. The van der Waals surface area contributed by atoms with E-state index in [0.29, 0.717) is 5.82 Å². The highest BCUT2D eigenvalue weighted by Crippen LogP contribution is 2.17. The van der Waals surface area contributed by atoms with Gasteiger partial charge in [-0.3, -0.25) is 4.90 Å². The first kappa shape index (κ1) is 13.0. The Morgan fingerprint density at radius 2 is 2.10 bits per heavy atom. The number of nitrogens with one attached hydrogen (secondary N) is 1. The van der Waals surface area contributed by atoms with Gasteiger partial charge in [0.25, 0.3) is 0 Å². The Labute approximate surface area is 121 Å². The quantitative estimate of drug-likeness (QED) is 0.782. The van der Waals surface area contributed by atoms with E-state index in [0.717, 1.165) is 18.7 Å². The molecule has 0 saturated heterocycles. The molecule has 102 valence electrons. The molecule has 6 heteroatoms. The second-order valence-corrected chi connectivity index (χ2v) is 5.52. The minimum atomic E-state index is 0.632. The van der Waals surface area contributed by atoms with Gasteiger partial charge in [0.1, 0.15) is 0 Å². The number of H-pyrrole nitrogens is 1. The standard InChI is InChI=1S/C14H15N5S/c1-19(9-12-5-6-20-10-12)8-11-3-2-4-13(7-11)14-15-17-18-16-14/h2-7,10H,8-9H2,1H3,(H,15,16,17,18). The molecule has 0 aliphatic heterocycles. The van der Waals surface area contributed by atoms with Crippen molar-refractivity contribution in [2.75, 3.05) is 7.05 Å². The zero-order valence-electron chi connectivity index (χ0n) is 11.2. The first-order valence-electron chi connectivity index (χ1n) is 6.33. The van der Waals surface area contributed by atoms with Gasteiger partial charge in [0.2, 0.25) is 5.82 Å². The number of hydrogen-bond donors (Lipinski definition) is 1. The minimum absolute atomic E-state index is 0.632. The van der Waals surface area contributed by atoms with Crippen LogP contribution in [0.2, 0.25) is 0 Å². The predicted octanol–water partition coefficient (Wildman–Crippen LogP) is 2.56. The lowest BCUT2D eigenvalue weighted by Gasteiger charge is -2.16. The lowest BCUT2D eigenvalue weighted by atomic mass is 10.1. The molecular formula is C14H15N5S. The number of hydrogen-bond acceptors (Lipinski definition) is 5. The Bertz CT molecular complexity index is 648. The molecule has 0 radical (unpaired) electrons. The largest absolute Gasteiger partial charge is 0.298 e. The summed E-state index contributed by atoms with van der Waals surface area (Å²) in [7, 11) is 2.12. The van der Waals surface area contributed by atoms with Crippen LogP contribution in [0.15, 0.2) is 41.1 Å². The van der Waals surface area contributed by atoms with E-state index < -0.39 is 0 Å². The smallest absolute Gasteiger partial charge is 0.204 e. The summed E-state index contributed by atoms with van der Waals surface area (Å²) >= 11 is 1.73. The summed E-state index contributed by atoms with van der Waals surface area (Å²) in [6.45, 7) is 1.84. The zero-order valence-corrected chi connectivity index (χ0v) is 12.0. The molecule has 0 amide bonds. The molecule has 3 aromatic rings. The highest BCUT2D eigenvalue weighted by Gasteiger charge is 2.06. The van der Waals surface area contributed by atoms with Gasteiger partial charge in [-0.2, -0.15) is 16.6 Å². The van der Waals surface area contributed by atoms with Gasteiger partial charge in [-0.25, -0.2) is 0 Å². The van der Waals surface area contributed by atoms with Crippen molar-refractivity contribution in [3.8, 4) is 11.4 Å². The molecule has 2 heterocycles. The van der Waals surface area contributed by atoms with E-state index in [2.05, 4.69) is 61.5 Å². The Kier molecular flexibility index (Phi) is 3.85. The zero-order chi connectivity index (χ0) is 13.8. The van der Waals surface area contributed by atoms with E-state index in [1.54, 1.807) is 11.3 Å². The van der Waals surface area contributed by atoms with Gasteiger partial charge in [-0.15, -0.1) is 10.2 Å². The van der Waals surface area contributed by atoms with E-state index in [-0.39, 0.29) is 0 Å². The SMILES string of the molecule is CN(Cc1ccsc1)Cc1cccc(-c2nn[nH]n2)c1. The molecule has 0 aliphatic rings. The third kappa shape index (κ3) is 3.09. The fourth-order valence-electron chi connectivity index (χ4n) is 2.15. The average Bonchev–Trinajstić information content (AvgIpc) is 3.11. The predicted molar refractivity (Wildman–Crippen MR) is 79.1 cm³/mol. The van der Waals surface area contributed by atoms with E-state index in [1.165, 1.54) is 11.1 Å². The van der Waals surface area contributed by atoms with Gasteiger partial charge in [-0.05, 0) is 46.3 Å². The summed E-state index contributed by atoms with van der Waals surface area (Å²) in [5, 5.41) is 18.4. The van der Waals surface area contributed by atoms with Crippen molar-refractivity contribution in [2.45, 2.75) is 13.1 Å². The topological polar surface area (TPSA) is 57.7 Å². The van der Waals surface area contributed by atoms with Crippen LogP contribution < -0.4 is 0 Å². The Balaban J connectivity index is 1.70. The van der Waals surface area contributed by atoms with Crippen LogP contribution in [0, 0.1) is 0 Å². The van der Waals surface area contributed by atoms with Crippen LogP contribution >= 0.6 is 11.3 Å². The van der Waals surface area contributed by atoms with Crippen molar-refractivity contribution < 1.29 is 0 Å². The number of tetrazole rings is 1. The van der Waals surface area contributed by atoms with Gasteiger partial charge in [0, 0.05) is 18.7 Å². The van der Waals surface area contributed by atoms with E-state index >= 15 is 0 Å². The first-order chi connectivity index (χ1) is 9.81. The highest BCUT2D eigenvalue weighted by atomic mass is 32.1. The van der Waals surface area contributed by atoms with Crippen LogP contribution in [0.25, 0.3) is 11.4 Å². The fourth-order valence-corrected chi connectivity index (χ4v) is 2.81. The minimum Gasteiger partial charge on any atom is -0.298 e. The molecular weight excluding hydrogens is 270 g/mol. The normalized spacial score (nSPS) is 11.1. The number of nitrogens with zero attached hydrogens (tertiary/aromatic N) is 4. The Morgan fingerprint density at radius 1 is 1.20 bits per heavy atom. The summed E-state index contributed by atoms with van der Waals surface area (Å²) in [6.07, 6.45) is 0. The van der Waals surface area contributed by atoms with Crippen molar-refractivity contribution in [1.29, 1.82) is 0 Å². The lowest BCUT2D eigenvalue weighted by Crippen LogP contribution is -2.16. The van der Waals surface area contributed by atoms with Crippen molar-refractivity contribution >= 4 is 11.3 Å². The molecule has 3 rings (SSSR count). The molecule has 0 bridgehead atoms. The molecule has 1 aromatic carbocycles. The van der Waals surface area contributed by atoms with Crippen LogP contribution in [-0.4, -0.2) is 32.6 Å². The van der Waals surface area contributed by atoms with E-state index in [1.807, 2.05) is 12.1 Å². The van der Waals surface area contributed by atoms with Gasteiger partial charge >= 0.3 is 0 Å². The third-order valence-corrected chi connectivity index (χ3v) is 3.75. The van der Waals surface area contributed by atoms with Crippen molar-refractivity contribution in [2.24, 2.45) is 0 Å². The van der Waals surface area contributed by atoms with Gasteiger partial charge in [-0.1, -0.05) is 18.2 Å². The van der Waals surface area contributed by atoms with Gasteiger partial charge in [0.15, 0.2) is 0 Å². The van der Waals surface area contributed by atoms with E-state index in [4.69, 9.17) is 0 Å². The highest BCUT2D eigenvalue weighted by molar-refractivity contribution is 7.07. The number of aromatic amines is 1. The summed E-state index contributed by atoms with van der Waals surface area (Å²) in [4.78, 5) is 2.29. The number of rotatable bonds is 5. The molecule has 2 aromatic heterocycles. The maximum atomic E-state index is 4.01. The Morgan fingerprint density at radius 3 is 2.85 bits per heavy atom. The molecule has 0 fully saturated rings. The summed E-state index contributed by atoms with van der Waals surface area (Å²) in [5.41, 5.74) is 3.58. The van der Waals surface area contributed by atoms with Gasteiger partial charge in [0.05, 0.1) is 0 Å². The molecule has 5 nitrogen and oxygen atoms in total. The monoisotopic (exact) mass is 285 g/mol. The number of aromatic nitrogens is 4.